The number of aromatic nitrogens is 2. The van der Waals surface area contributed by atoms with Gasteiger partial charge in [0.1, 0.15) is 11.4 Å². The molecule has 0 bridgehead atoms. The van der Waals surface area contributed by atoms with Crippen LogP contribution >= 0.6 is 0 Å². The number of H-pyrrole nitrogens is 1. The number of ether oxygens (including phenoxy) is 1. The number of hydrogen-bond acceptors (Lipinski definition) is 5. The molecule has 2 aromatic carbocycles. The van der Waals surface area contributed by atoms with Gasteiger partial charge >= 0.3 is 5.69 Å². The van der Waals surface area contributed by atoms with Crippen LogP contribution < -0.4 is 15.9 Å². The molecule has 0 atom stereocenters. The van der Waals surface area contributed by atoms with Crippen molar-refractivity contribution in [2.45, 2.75) is 13.8 Å². The first-order valence-corrected chi connectivity index (χ1v) is 9.25. The molecular formula is C22H22N4O3. The maximum atomic E-state index is 12.4. The van der Waals surface area contributed by atoms with Crippen molar-refractivity contribution in [2.75, 3.05) is 6.61 Å². The number of hydrogen-bond donors (Lipinski definition) is 2. The van der Waals surface area contributed by atoms with E-state index in [1.807, 2.05) is 54.6 Å². The molecule has 0 radical (unpaired) electrons. The van der Waals surface area contributed by atoms with Gasteiger partial charge in [0, 0.05) is 11.1 Å². The van der Waals surface area contributed by atoms with Gasteiger partial charge in [-0.3, -0.25) is 4.79 Å². The lowest BCUT2D eigenvalue weighted by Crippen LogP contribution is -2.24. The van der Waals surface area contributed by atoms with E-state index in [1.165, 1.54) is 12.3 Å². The summed E-state index contributed by atoms with van der Waals surface area (Å²) in [5, 5.41) is 3.99. The van der Waals surface area contributed by atoms with Crippen LogP contribution in [0.5, 0.6) is 5.75 Å². The first kappa shape index (κ1) is 20.0. The highest BCUT2D eigenvalue weighted by Gasteiger charge is 2.10. The molecule has 1 aromatic heterocycles. The maximum Gasteiger partial charge on any atom is 0.346 e. The summed E-state index contributed by atoms with van der Waals surface area (Å²) in [5.41, 5.74) is 3.79. The van der Waals surface area contributed by atoms with Crippen molar-refractivity contribution in [3.63, 3.8) is 0 Å². The minimum atomic E-state index is -0.604. The summed E-state index contributed by atoms with van der Waals surface area (Å²) in [7, 11) is 0. The Kier molecular flexibility index (Phi) is 6.52. The molecule has 7 nitrogen and oxygen atoms in total. The number of benzene rings is 2. The van der Waals surface area contributed by atoms with Gasteiger partial charge < -0.3 is 9.72 Å². The monoisotopic (exact) mass is 390 g/mol. The zero-order valence-corrected chi connectivity index (χ0v) is 16.3. The minimum absolute atomic E-state index is 0.0744. The molecule has 0 aliphatic heterocycles. The van der Waals surface area contributed by atoms with E-state index in [0.717, 1.165) is 11.1 Å². The van der Waals surface area contributed by atoms with Crippen molar-refractivity contribution >= 4 is 12.1 Å². The average molecular weight is 390 g/mol. The highest BCUT2D eigenvalue weighted by atomic mass is 16.5. The standard InChI is InChI=1S/C22H22N4O3/c1-15(2)14-29-20-11-7-6-10-17(20)13-23-26-21(27)19-12-18(24-22(28)25-19)16-8-4-3-5-9-16/h3-13,15H,14H2,1-2H3,(H,26,27)(H,24,25,28)/b23-13+. The SMILES string of the molecule is CC(C)COc1ccccc1/C=N/NC(=O)c1cc(-c2ccccc2)nc(=O)[nH]1. The van der Waals surface area contributed by atoms with Crippen LogP contribution in [0.3, 0.4) is 0 Å². The number of carbonyl (C=O) groups is 1. The van der Waals surface area contributed by atoms with E-state index in [1.54, 1.807) is 0 Å². The molecule has 0 fully saturated rings. The molecule has 1 heterocycles. The third-order valence-electron chi connectivity index (χ3n) is 3.92. The fraction of sp³-hybridized carbons (Fsp3) is 0.182. The molecule has 2 N–H and O–H groups in total. The topological polar surface area (TPSA) is 96.4 Å². The molecule has 7 heteroatoms. The predicted octanol–water partition coefficient (Wildman–Crippen LogP) is 3.24. The van der Waals surface area contributed by atoms with Gasteiger partial charge in [-0.05, 0) is 24.1 Å². The Bertz CT molecular complexity index is 1060. The van der Waals surface area contributed by atoms with Crippen molar-refractivity contribution < 1.29 is 9.53 Å². The number of nitrogens with one attached hydrogen (secondary N) is 2. The van der Waals surface area contributed by atoms with Gasteiger partial charge in [0.2, 0.25) is 0 Å². The van der Waals surface area contributed by atoms with E-state index >= 15 is 0 Å². The van der Waals surface area contributed by atoms with Crippen LogP contribution in [-0.2, 0) is 0 Å². The first-order chi connectivity index (χ1) is 14.0. The Morgan fingerprint density at radius 2 is 1.90 bits per heavy atom. The van der Waals surface area contributed by atoms with Gasteiger partial charge in [-0.2, -0.15) is 10.1 Å². The Morgan fingerprint density at radius 1 is 1.17 bits per heavy atom. The Balaban J connectivity index is 1.73. The van der Waals surface area contributed by atoms with E-state index in [4.69, 9.17) is 4.74 Å². The lowest BCUT2D eigenvalue weighted by atomic mass is 10.1. The Labute approximate surface area is 168 Å². The molecule has 0 unspecified atom stereocenters. The number of rotatable bonds is 7. The molecule has 1 amide bonds. The van der Waals surface area contributed by atoms with Gasteiger partial charge in [-0.1, -0.05) is 56.3 Å². The number of para-hydroxylation sites is 1. The third kappa shape index (κ3) is 5.62. The minimum Gasteiger partial charge on any atom is -0.493 e. The number of carbonyl (C=O) groups excluding carboxylic acids is 1. The summed E-state index contributed by atoms with van der Waals surface area (Å²) < 4.78 is 5.76. The van der Waals surface area contributed by atoms with E-state index in [-0.39, 0.29) is 5.69 Å². The molecule has 0 saturated carbocycles. The number of nitrogens with zero attached hydrogens (tertiary/aromatic N) is 2. The van der Waals surface area contributed by atoms with Crippen molar-refractivity contribution in [1.29, 1.82) is 0 Å². The van der Waals surface area contributed by atoms with Gasteiger partial charge in [0.05, 0.1) is 18.5 Å². The summed E-state index contributed by atoms with van der Waals surface area (Å²) in [5.74, 6) is 0.531. The second-order valence-corrected chi connectivity index (χ2v) is 6.79. The second kappa shape index (κ2) is 9.45. The van der Waals surface area contributed by atoms with Crippen LogP contribution in [0.15, 0.2) is 70.6 Å². The zero-order valence-electron chi connectivity index (χ0n) is 16.3. The third-order valence-corrected chi connectivity index (χ3v) is 3.92. The fourth-order valence-corrected chi connectivity index (χ4v) is 2.53. The summed E-state index contributed by atoms with van der Waals surface area (Å²) in [4.78, 5) is 30.6. The lowest BCUT2D eigenvalue weighted by Gasteiger charge is -2.10. The van der Waals surface area contributed by atoms with Crippen LogP contribution in [0.25, 0.3) is 11.3 Å². The van der Waals surface area contributed by atoms with E-state index in [9.17, 15) is 9.59 Å². The Morgan fingerprint density at radius 3 is 2.66 bits per heavy atom. The normalized spacial score (nSPS) is 11.0. The van der Waals surface area contributed by atoms with Crippen molar-refractivity contribution in [3.05, 3.63) is 82.4 Å². The second-order valence-electron chi connectivity index (χ2n) is 6.79. The molecule has 0 saturated heterocycles. The Hall–Kier alpha value is -3.74. The molecule has 3 rings (SSSR count). The quantitative estimate of drug-likeness (QED) is 0.478. The number of aromatic amines is 1. The average Bonchev–Trinajstić information content (AvgIpc) is 2.73. The summed E-state index contributed by atoms with van der Waals surface area (Å²) in [6, 6.07) is 18.1. The molecule has 3 aromatic rings. The lowest BCUT2D eigenvalue weighted by molar-refractivity contribution is 0.0949. The van der Waals surface area contributed by atoms with Crippen LogP contribution in [0.1, 0.15) is 29.9 Å². The summed E-state index contributed by atoms with van der Waals surface area (Å²) in [6.07, 6.45) is 1.50. The molecule has 0 aliphatic rings. The van der Waals surface area contributed by atoms with E-state index < -0.39 is 11.6 Å². The van der Waals surface area contributed by atoms with Crippen LogP contribution in [0, 0.1) is 5.92 Å². The highest BCUT2D eigenvalue weighted by molar-refractivity contribution is 5.94. The van der Waals surface area contributed by atoms with Crippen molar-refractivity contribution in [2.24, 2.45) is 11.0 Å². The van der Waals surface area contributed by atoms with Gasteiger partial charge in [-0.15, -0.1) is 0 Å². The molecular weight excluding hydrogens is 368 g/mol. The molecule has 0 aliphatic carbocycles. The first-order valence-electron chi connectivity index (χ1n) is 9.25. The van der Waals surface area contributed by atoms with Crippen LogP contribution in [0.2, 0.25) is 0 Å². The molecule has 148 valence electrons. The van der Waals surface area contributed by atoms with Crippen LogP contribution in [0.4, 0.5) is 0 Å². The predicted molar refractivity (Wildman–Crippen MR) is 112 cm³/mol. The van der Waals surface area contributed by atoms with Crippen molar-refractivity contribution in [3.8, 4) is 17.0 Å². The van der Waals surface area contributed by atoms with E-state index in [0.29, 0.717) is 24.0 Å². The number of hydrazone groups is 1. The maximum absolute atomic E-state index is 12.4. The van der Waals surface area contributed by atoms with Crippen LogP contribution in [-0.4, -0.2) is 28.7 Å². The zero-order chi connectivity index (χ0) is 20.6. The molecule has 0 spiro atoms. The van der Waals surface area contributed by atoms with E-state index in [2.05, 4.69) is 34.3 Å². The highest BCUT2D eigenvalue weighted by Crippen LogP contribution is 2.17. The summed E-state index contributed by atoms with van der Waals surface area (Å²) >= 11 is 0. The van der Waals surface area contributed by atoms with Gasteiger partial charge in [0.15, 0.2) is 0 Å². The number of amides is 1. The fourth-order valence-electron chi connectivity index (χ4n) is 2.53. The van der Waals surface area contributed by atoms with Crippen molar-refractivity contribution in [1.82, 2.24) is 15.4 Å². The van der Waals surface area contributed by atoms with Gasteiger partial charge in [-0.25, -0.2) is 10.2 Å². The molecule has 29 heavy (non-hydrogen) atoms. The largest absolute Gasteiger partial charge is 0.493 e. The summed E-state index contributed by atoms with van der Waals surface area (Å²) in [6.45, 7) is 4.71. The smallest absolute Gasteiger partial charge is 0.346 e. The van der Waals surface area contributed by atoms with Gasteiger partial charge in [0.25, 0.3) is 5.91 Å².